The number of fused-ring (bicyclic) bond motifs is 3. The largest absolute Gasteiger partial charge is 0.373 e. The van der Waals surface area contributed by atoms with Crippen molar-refractivity contribution >= 4 is 54.6 Å². The van der Waals surface area contributed by atoms with Crippen LogP contribution in [0, 0.1) is 11.3 Å². The van der Waals surface area contributed by atoms with Crippen molar-refractivity contribution < 1.29 is 0 Å². The van der Waals surface area contributed by atoms with Crippen molar-refractivity contribution in [3.05, 3.63) is 192 Å². The molecule has 0 fully saturated rings. The Morgan fingerprint density at radius 1 is 0.642 bits per heavy atom. The summed E-state index contributed by atoms with van der Waals surface area (Å²) in [5, 5.41) is 19.2. The van der Waals surface area contributed by atoms with E-state index in [-0.39, 0.29) is 0 Å². The predicted octanol–water partition coefficient (Wildman–Crippen LogP) is 11.6. The fraction of sp³-hybridized carbons (Fsp3) is 0.0426. The average molecular weight is 702 g/mol. The zero-order chi connectivity index (χ0) is 36.0. The van der Waals surface area contributed by atoms with Crippen molar-refractivity contribution in [3.63, 3.8) is 0 Å². The molecule has 53 heavy (non-hydrogen) atoms. The van der Waals surface area contributed by atoms with Gasteiger partial charge in [-0.2, -0.15) is 5.26 Å². The molecule has 5 nitrogen and oxygen atoms in total. The number of benzene rings is 7. The van der Waals surface area contributed by atoms with Gasteiger partial charge in [-0.05, 0) is 76.9 Å². The molecule has 0 atom stereocenters. The molecule has 2 N–H and O–H groups in total. The Hall–Kier alpha value is -6.81. The highest BCUT2D eigenvalue weighted by Gasteiger charge is 2.14. The first-order valence-corrected chi connectivity index (χ1v) is 18.3. The molecule has 0 unspecified atom stereocenters. The number of thiophene rings is 1. The van der Waals surface area contributed by atoms with Gasteiger partial charge in [0.25, 0.3) is 0 Å². The Labute approximate surface area is 313 Å². The summed E-state index contributed by atoms with van der Waals surface area (Å²) in [5.41, 5.74) is 9.79. The van der Waals surface area contributed by atoms with E-state index in [2.05, 4.69) is 120 Å². The molecule has 254 valence electrons. The van der Waals surface area contributed by atoms with Crippen molar-refractivity contribution in [1.29, 1.82) is 5.26 Å². The first kappa shape index (κ1) is 33.3. The van der Waals surface area contributed by atoms with Crippen LogP contribution in [0.5, 0.6) is 0 Å². The van der Waals surface area contributed by atoms with Gasteiger partial charge in [-0.25, -0.2) is 4.99 Å². The van der Waals surface area contributed by atoms with E-state index in [1.807, 2.05) is 85.1 Å². The van der Waals surface area contributed by atoms with Gasteiger partial charge in [0.1, 0.15) is 5.84 Å². The molecule has 0 radical (unpaired) electrons. The van der Waals surface area contributed by atoms with Crippen LogP contribution in [-0.4, -0.2) is 18.7 Å². The van der Waals surface area contributed by atoms with Crippen LogP contribution in [-0.2, 0) is 6.54 Å². The van der Waals surface area contributed by atoms with Gasteiger partial charge in [-0.15, -0.1) is 11.3 Å². The lowest BCUT2D eigenvalue weighted by Gasteiger charge is -2.16. The minimum atomic E-state index is 0.512. The molecule has 0 bridgehead atoms. The zero-order valence-electron chi connectivity index (χ0n) is 29.1. The van der Waals surface area contributed by atoms with Crippen molar-refractivity contribution in [1.82, 2.24) is 5.32 Å². The second-order valence-electron chi connectivity index (χ2n) is 12.6. The second-order valence-corrected chi connectivity index (χ2v) is 13.7. The number of hydrogen-bond acceptors (Lipinski definition) is 4. The Morgan fingerprint density at radius 3 is 2.15 bits per heavy atom. The first-order chi connectivity index (χ1) is 26.2. The zero-order valence-corrected chi connectivity index (χ0v) is 29.9. The van der Waals surface area contributed by atoms with E-state index >= 15 is 0 Å². The molecular formula is C47H35N5S. The highest BCUT2D eigenvalue weighted by molar-refractivity contribution is 7.26. The van der Waals surface area contributed by atoms with E-state index in [0.29, 0.717) is 17.9 Å². The van der Waals surface area contributed by atoms with E-state index in [1.165, 1.54) is 25.7 Å². The van der Waals surface area contributed by atoms with Gasteiger partial charge in [0.05, 0.1) is 18.2 Å². The van der Waals surface area contributed by atoms with Gasteiger partial charge >= 0.3 is 0 Å². The molecule has 0 saturated carbocycles. The summed E-state index contributed by atoms with van der Waals surface area (Å²) in [6, 6.07) is 60.3. The third kappa shape index (κ3) is 7.20. The molecule has 0 spiro atoms. The first-order valence-electron chi connectivity index (χ1n) is 17.5. The molecular weight excluding hydrogens is 667 g/mol. The van der Waals surface area contributed by atoms with Crippen LogP contribution in [0.2, 0.25) is 0 Å². The standard InChI is InChI=1S/C47H35N5S/c1-49-46(34-15-6-3-7-16-34)52-47(50-31-32-12-4-2-5-13-32)35-22-25-38(26-23-35)51-43-27-24-37(29-42(43)36-17-10-14-33(28-36)30-48)39-19-11-20-41-40-18-8-9-21-44(40)53-45(39)41/h2-29,51H,31H2,1H3,(H,49,50,52). The Bertz CT molecular complexity index is 2650. The molecule has 0 aliphatic rings. The Balaban J connectivity index is 1.16. The van der Waals surface area contributed by atoms with Gasteiger partial charge in [0.15, 0.2) is 5.84 Å². The minimum absolute atomic E-state index is 0.512. The number of nitrogens with zero attached hydrogens (tertiary/aromatic N) is 3. The molecule has 1 aromatic heterocycles. The normalized spacial score (nSPS) is 11.8. The fourth-order valence-electron chi connectivity index (χ4n) is 6.56. The summed E-state index contributed by atoms with van der Waals surface area (Å²) >= 11 is 1.83. The maximum Gasteiger partial charge on any atom is 0.157 e. The fourth-order valence-corrected chi connectivity index (χ4v) is 7.79. The van der Waals surface area contributed by atoms with E-state index in [4.69, 9.17) is 9.98 Å². The third-order valence-corrected chi connectivity index (χ3v) is 10.4. The summed E-state index contributed by atoms with van der Waals surface area (Å²) in [7, 11) is 1.88. The van der Waals surface area contributed by atoms with Crippen molar-refractivity contribution in [2.45, 2.75) is 6.54 Å². The lowest BCUT2D eigenvalue weighted by molar-refractivity contribution is 1.06. The maximum atomic E-state index is 9.76. The van der Waals surface area contributed by atoms with Crippen LogP contribution in [0.3, 0.4) is 0 Å². The number of anilines is 2. The molecule has 6 heteroatoms. The van der Waals surface area contributed by atoms with Crippen molar-refractivity contribution in [2.24, 2.45) is 9.98 Å². The van der Waals surface area contributed by atoms with Gasteiger partial charge in [0, 0.05) is 55.3 Å². The topological polar surface area (TPSA) is 72.6 Å². The summed E-state index contributed by atoms with van der Waals surface area (Å²) in [4.78, 5) is 10.00. The number of nitriles is 1. The van der Waals surface area contributed by atoms with E-state index in [1.54, 1.807) is 0 Å². The van der Waals surface area contributed by atoms with Crippen LogP contribution >= 0.6 is 11.3 Å². The Kier molecular flexibility index (Phi) is 9.56. The second kappa shape index (κ2) is 15.2. The molecule has 0 amide bonds. The molecule has 8 rings (SSSR count). The maximum absolute atomic E-state index is 9.76. The van der Waals surface area contributed by atoms with Gasteiger partial charge in [0.2, 0.25) is 0 Å². The highest BCUT2D eigenvalue weighted by atomic mass is 32.1. The molecule has 0 saturated heterocycles. The predicted molar refractivity (Wildman–Crippen MR) is 223 cm³/mol. The molecule has 0 aliphatic carbocycles. The number of amidine groups is 2. The van der Waals surface area contributed by atoms with E-state index < -0.39 is 0 Å². The van der Waals surface area contributed by atoms with E-state index in [0.717, 1.165) is 50.6 Å². The molecule has 1 heterocycles. The average Bonchev–Trinajstić information content (AvgIpc) is 3.61. The molecule has 8 aromatic rings. The lowest BCUT2D eigenvalue weighted by Crippen LogP contribution is -2.21. The van der Waals surface area contributed by atoms with Gasteiger partial charge in [-0.3, -0.25) is 4.99 Å². The summed E-state index contributed by atoms with van der Waals surface area (Å²) < 4.78 is 2.54. The summed E-state index contributed by atoms with van der Waals surface area (Å²) in [6.07, 6.45) is 0. The monoisotopic (exact) mass is 701 g/mol. The van der Waals surface area contributed by atoms with Crippen molar-refractivity contribution in [3.8, 4) is 28.3 Å². The highest BCUT2D eigenvalue weighted by Crippen LogP contribution is 2.42. The van der Waals surface area contributed by atoms with Crippen LogP contribution in [0.1, 0.15) is 22.3 Å². The Morgan fingerprint density at radius 2 is 1.36 bits per heavy atom. The number of aliphatic imine (C=N–C) groups is 2. The van der Waals surface area contributed by atoms with Crippen LogP contribution in [0.15, 0.2) is 180 Å². The van der Waals surface area contributed by atoms with E-state index in [9.17, 15) is 5.26 Å². The number of hydrogen-bond donors (Lipinski definition) is 2. The van der Waals surface area contributed by atoms with Crippen LogP contribution < -0.4 is 10.6 Å². The minimum Gasteiger partial charge on any atom is -0.373 e. The molecule has 7 aromatic carbocycles. The number of rotatable bonds is 8. The summed E-state index contributed by atoms with van der Waals surface area (Å²) in [6.45, 7) is 0.512. The van der Waals surface area contributed by atoms with Crippen LogP contribution in [0.4, 0.5) is 11.4 Å². The quantitative estimate of drug-likeness (QED) is 0.122. The number of nitrogens with one attached hydrogen (secondary N) is 2. The van der Waals surface area contributed by atoms with Crippen molar-refractivity contribution in [2.75, 3.05) is 12.4 Å². The lowest BCUT2D eigenvalue weighted by atomic mass is 9.95. The third-order valence-electron chi connectivity index (χ3n) is 9.22. The van der Waals surface area contributed by atoms with Gasteiger partial charge < -0.3 is 10.6 Å². The smallest absolute Gasteiger partial charge is 0.157 e. The summed E-state index contributed by atoms with van der Waals surface area (Å²) in [5.74, 6) is 1.39. The SMILES string of the molecule is CNC(=NC(=NCc1ccccc1)c1ccc(Nc2ccc(-c3cccc4c3sc3ccccc34)cc2-c2cccc(C#N)c2)cc1)c1ccccc1. The molecule has 0 aliphatic heterocycles. The van der Waals surface area contributed by atoms with Crippen LogP contribution in [0.25, 0.3) is 42.4 Å². The van der Waals surface area contributed by atoms with Gasteiger partial charge in [-0.1, -0.05) is 115 Å².